The van der Waals surface area contributed by atoms with Gasteiger partial charge < -0.3 is 10.1 Å². The van der Waals surface area contributed by atoms with Gasteiger partial charge in [0.1, 0.15) is 6.61 Å². The van der Waals surface area contributed by atoms with Crippen LogP contribution in [0.5, 0.6) is 0 Å². The zero-order valence-corrected chi connectivity index (χ0v) is 11.6. The van der Waals surface area contributed by atoms with E-state index in [2.05, 4.69) is 21.5 Å². The molecule has 0 radical (unpaired) electrons. The number of ether oxygens (including phenoxy) is 1. The Morgan fingerprint density at radius 2 is 2.06 bits per heavy atom. The molecule has 1 amide bonds. The lowest BCUT2D eigenvalue weighted by Gasteiger charge is -2.39. The van der Waals surface area contributed by atoms with E-state index in [4.69, 9.17) is 4.74 Å². The third-order valence-electron chi connectivity index (χ3n) is 3.20. The molecule has 1 N–H and O–H groups in total. The minimum Gasteiger partial charge on any atom is -0.375 e. The van der Waals surface area contributed by atoms with E-state index in [1.165, 1.54) is 19.3 Å². The van der Waals surface area contributed by atoms with Crippen molar-refractivity contribution in [1.29, 1.82) is 0 Å². The van der Waals surface area contributed by atoms with Crippen LogP contribution in [0.2, 0.25) is 0 Å². The molecule has 1 saturated carbocycles. The number of rotatable bonds is 5. The van der Waals surface area contributed by atoms with Crippen LogP contribution in [0.25, 0.3) is 0 Å². The number of hydrogen-bond acceptors (Lipinski definition) is 2. The number of carbonyl (C=O) groups is 1. The lowest BCUT2D eigenvalue weighted by atomic mass is 9.78. The Balaban J connectivity index is 2.58. The first-order valence-corrected chi connectivity index (χ1v) is 6.80. The van der Waals surface area contributed by atoms with Gasteiger partial charge in [0, 0.05) is 12.6 Å². The van der Waals surface area contributed by atoms with Crippen LogP contribution in [-0.4, -0.2) is 30.8 Å². The maximum Gasteiger partial charge on any atom is 0.246 e. The first-order valence-electron chi connectivity index (χ1n) is 6.13. The van der Waals surface area contributed by atoms with Crippen LogP contribution in [-0.2, 0) is 9.53 Å². The van der Waals surface area contributed by atoms with Crippen LogP contribution < -0.4 is 5.32 Å². The second-order valence-electron chi connectivity index (χ2n) is 5.00. The highest BCUT2D eigenvalue weighted by Crippen LogP contribution is 2.33. The van der Waals surface area contributed by atoms with Gasteiger partial charge >= 0.3 is 0 Å². The fraction of sp³-hybridized carbons (Fsp3) is 0.917. The molecule has 4 heteroatoms. The van der Waals surface area contributed by atoms with Crippen molar-refractivity contribution in [2.24, 2.45) is 0 Å². The van der Waals surface area contributed by atoms with Gasteiger partial charge in [0.05, 0.1) is 0 Å². The van der Waals surface area contributed by atoms with Crippen molar-refractivity contribution < 1.29 is 9.53 Å². The van der Waals surface area contributed by atoms with Gasteiger partial charge in [-0.05, 0) is 24.9 Å². The molecule has 3 nitrogen and oxygen atoms in total. The van der Waals surface area contributed by atoms with Crippen molar-refractivity contribution in [3.8, 4) is 0 Å². The lowest BCUT2D eigenvalue weighted by molar-refractivity contribution is -0.127. The molecule has 0 aromatic rings. The Morgan fingerprint density at radius 3 is 2.56 bits per heavy atom. The lowest BCUT2D eigenvalue weighted by Crippen LogP contribution is -2.51. The van der Waals surface area contributed by atoms with E-state index in [-0.39, 0.29) is 18.1 Å². The average Bonchev–Trinajstić information content (AvgIpc) is 2.17. The van der Waals surface area contributed by atoms with E-state index in [1.54, 1.807) is 7.11 Å². The van der Waals surface area contributed by atoms with Crippen LogP contribution in [0.1, 0.15) is 45.4 Å². The summed E-state index contributed by atoms with van der Waals surface area (Å²) in [6.45, 7) is 2.36. The normalized spacial score (nSPS) is 21.4. The van der Waals surface area contributed by atoms with Crippen molar-refractivity contribution in [2.45, 2.75) is 56.6 Å². The summed E-state index contributed by atoms with van der Waals surface area (Å²) >= 11 is 0. The molecule has 94 valence electrons. The second kappa shape index (κ2) is 6.56. The number of carbonyl (C=O) groups excluding carboxylic acids is 1. The van der Waals surface area contributed by atoms with Crippen molar-refractivity contribution >= 4 is 15.1 Å². The smallest absolute Gasteiger partial charge is 0.246 e. The zero-order valence-electron chi connectivity index (χ0n) is 10.4. The number of amides is 1. The summed E-state index contributed by atoms with van der Waals surface area (Å²) in [5.41, 5.74) is 0.565. The van der Waals surface area contributed by atoms with Gasteiger partial charge in [-0.15, -0.1) is 9.24 Å². The van der Waals surface area contributed by atoms with E-state index >= 15 is 0 Å². The topological polar surface area (TPSA) is 38.3 Å². The molecule has 2 unspecified atom stereocenters. The Morgan fingerprint density at radius 1 is 1.44 bits per heavy atom. The van der Waals surface area contributed by atoms with Crippen molar-refractivity contribution in [3.63, 3.8) is 0 Å². The van der Waals surface area contributed by atoms with Gasteiger partial charge in [-0.25, -0.2) is 0 Å². The maximum atomic E-state index is 11.7. The van der Waals surface area contributed by atoms with Gasteiger partial charge in [0.25, 0.3) is 0 Å². The van der Waals surface area contributed by atoms with E-state index < -0.39 is 0 Å². The first kappa shape index (κ1) is 13.9. The summed E-state index contributed by atoms with van der Waals surface area (Å²) in [6, 6.07) is 0. The molecular formula is C12H24NO2P. The highest BCUT2D eigenvalue weighted by Gasteiger charge is 2.33. The Labute approximate surface area is 101 Å². The monoisotopic (exact) mass is 245 g/mol. The molecule has 1 aliphatic carbocycles. The van der Waals surface area contributed by atoms with Crippen LogP contribution in [0, 0.1) is 0 Å². The van der Waals surface area contributed by atoms with E-state index in [1.807, 2.05) is 0 Å². The summed E-state index contributed by atoms with van der Waals surface area (Å²) in [5.74, 6) is 0.0232. The van der Waals surface area contributed by atoms with E-state index in [0.29, 0.717) is 5.66 Å². The molecule has 0 aliphatic heterocycles. The predicted molar refractivity (Wildman–Crippen MR) is 69.6 cm³/mol. The van der Waals surface area contributed by atoms with E-state index in [0.717, 1.165) is 19.3 Å². The highest BCUT2D eigenvalue weighted by molar-refractivity contribution is 7.17. The van der Waals surface area contributed by atoms with Crippen molar-refractivity contribution in [3.05, 3.63) is 0 Å². The van der Waals surface area contributed by atoms with Gasteiger partial charge in [-0.2, -0.15) is 0 Å². The van der Waals surface area contributed by atoms with Gasteiger partial charge in [0.2, 0.25) is 5.91 Å². The summed E-state index contributed by atoms with van der Waals surface area (Å²) < 4.78 is 4.88. The van der Waals surface area contributed by atoms with Crippen molar-refractivity contribution in [2.75, 3.05) is 13.7 Å². The molecule has 0 aromatic heterocycles. The molecule has 1 aliphatic rings. The molecule has 0 bridgehead atoms. The van der Waals surface area contributed by atoms with Crippen LogP contribution >= 0.6 is 9.24 Å². The van der Waals surface area contributed by atoms with Crippen LogP contribution in [0.15, 0.2) is 0 Å². The Bertz CT molecular complexity index is 225. The summed E-state index contributed by atoms with van der Waals surface area (Å²) in [6.07, 6.45) is 7.03. The number of hydrogen-bond donors (Lipinski definition) is 1. The quantitative estimate of drug-likeness (QED) is 0.753. The van der Waals surface area contributed by atoms with Crippen molar-refractivity contribution in [1.82, 2.24) is 5.32 Å². The molecule has 0 spiro atoms. The van der Waals surface area contributed by atoms with Gasteiger partial charge in [-0.3, -0.25) is 4.79 Å². The predicted octanol–water partition coefficient (Wildman–Crippen LogP) is 2.11. The second-order valence-corrected chi connectivity index (χ2v) is 6.14. The summed E-state index contributed by atoms with van der Waals surface area (Å²) in [7, 11) is 4.39. The SMILES string of the molecule is COCC(=O)NC1(CC(C)P)CCCCC1. The molecule has 1 fully saturated rings. The number of nitrogens with one attached hydrogen (secondary N) is 1. The third-order valence-corrected chi connectivity index (χ3v) is 3.44. The summed E-state index contributed by atoms with van der Waals surface area (Å²) in [4.78, 5) is 11.7. The average molecular weight is 245 g/mol. The molecule has 0 saturated heterocycles. The number of methoxy groups -OCH3 is 1. The van der Waals surface area contributed by atoms with Gasteiger partial charge in [-0.1, -0.05) is 26.2 Å². The Hall–Kier alpha value is -0.140. The first-order chi connectivity index (χ1) is 7.58. The third kappa shape index (κ3) is 4.39. The standard InChI is InChI=1S/C12H24NO2P/c1-10(16)8-12(6-4-3-5-7-12)13-11(14)9-15-2/h10H,3-9,16H2,1-2H3,(H,13,14). The molecule has 2 atom stereocenters. The highest BCUT2D eigenvalue weighted by atomic mass is 31.0. The molecule has 1 rings (SSSR count). The minimum absolute atomic E-state index is 0.0228. The van der Waals surface area contributed by atoms with Crippen LogP contribution in [0.3, 0.4) is 0 Å². The fourth-order valence-corrected chi connectivity index (χ4v) is 3.14. The molecule has 0 heterocycles. The van der Waals surface area contributed by atoms with Crippen LogP contribution in [0.4, 0.5) is 0 Å². The largest absolute Gasteiger partial charge is 0.375 e. The Kier molecular flexibility index (Phi) is 5.71. The fourth-order valence-electron chi connectivity index (χ4n) is 2.69. The maximum absolute atomic E-state index is 11.7. The summed E-state index contributed by atoms with van der Waals surface area (Å²) in [5, 5.41) is 3.19. The molecule has 0 aromatic carbocycles. The molecular weight excluding hydrogens is 221 g/mol. The van der Waals surface area contributed by atoms with Gasteiger partial charge in [0.15, 0.2) is 0 Å². The molecule has 16 heavy (non-hydrogen) atoms. The zero-order chi connectivity index (χ0) is 12.0. The van der Waals surface area contributed by atoms with E-state index in [9.17, 15) is 4.79 Å². The minimum atomic E-state index is 0.0228.